The third kappa shape index (κ3) is 6.19. The minimum Gasteiger partial charge on any atom is -0.487 e. The van der Waals surface area contributed by atoms with Crippen LogP contribution in [0, 0.1) is 27.7 Å². The van der Waals surface area contributed by atoms with Crippen LogP contribution in [0.1, 0.15) is 87.7 Å². The van der Waals surface area contributed by atoms with Crippen molar-refractivity contribution in [3.8, 4) is 11.5 Å². The molecule has 3 rings (SSSR count). The summed E-state index contributed by atoms with van der Waals surface area (Å²) in [4.78, 5) is 23.7. The molecule has 0 aliphatic rings. The Morgan fingerprint density at radius 3 is 1.83 bits per heavy atom. The van der Waals surface area contributed by atoms with Crippen molar-refractivity contribution in [3.05, 3.63) is 93.0 Å². The Balaban J connectivity index is 1.81. The van der Waals surface area contributed by atoms with E-state index in [-0.39, 0.29) is 5.60 Å². The van der Waals surface area contributed by atoms with Crippen molar-refractivity contribution in [2.75, 3.05) is 0 Å². The minimum absolute atomic E-state index is 0.160. The molecule has 0 heterocycles. The van der Waals surface area contributed by atoms with Crippen molar-refractivity contribution in [2.45, 2.75) is 73.3 Å². The van der Waals surface area contributed by atoms with Crippen molar-refractivity contribution < 1.29 is 19.1 Å². The smallest absolute Gasteiger partial charge is 0.343 e. The molecular weight excluding hydrogens is 436 g/mol. The first-order chi connectivity index (χ1) is 16.6. The lowest BCUT2D eigenvalue weighted by Crippen LogP contribution is -2.31. The molecule has 0 saturated carbocycles. The Kier molecular flexibility index (Phi) is 8.16. The maximum atomic E-state index is 12.7. The molecule has 0 amide bonds. The number of carbonyl (C=O) groups excluding carboxylic acids is 2. The quantitative estimate of drug-likeness (QED) is 0.184. The van der Waals surface area contributed by atoms with Gasteiger partial charge in [-0.15, -0.1) is 0 Å². The van der Waals surface area contributed by atoms with Gasteiger partial charge in [0.2, 0.25) is 0 Å². The summed E-state index contributed by atoms with van der Waals surface area (Å²) >= 11 is 0. The zero-order chi connectivity index (χ0) is 25.8. The van der Waals surface area contributed by atoms with Gasteiger partial charge in [0.1, 0.15) is 23.4 Å². The van der Waals surface area contributed by atoms with Crippen LogP contribution < -0.4 is 9.47 Å². The zero-order valence-electron chi connectivity index (χ0n) is 22.0. The number of aryl methyl sites for hydroxylation is 4. The standard InChI is InChI=1S/C31H36O4/c1-8-31(7,9-2)35-29-22(5)15-26(16-23(29)6)17-25-13-20(3)28(21(4)14-25)34-30(33)27-12-10-11-24(18-27)19-32/h10-16,18-19H,8-9,17H2,1-7H3. The molecule has 0 unspecified atom stereocenters. The van der Waals surface area contributed by atoms with E-state index in [4.69, 9.17) is 9.47 Å². The number of hydrogen-bond donors (Lipinski definition) is 0. The topological polar surface area (TPSA) is 52.6 Å². The van der Waals surface area contributed by atoms with E-state index in [1.165, 1.54) is 11.6 Å². The molecule has 0 bridgehead atoms. The molecule has 0 saturated heterocycles. The lowest BCUT2D eigenvalue weighted by atomic mass is 9.96. The van der Waals surface area contributed by atoms with E-state index in [0.717, 1.165) is 59.1 Å². The second-order valence-corrected chi connectivity index (χ2v) is 9.69. The van der Waals surface area contributed by atoms with Gasteiger partial charge >= 0.3 is 5.97 Å². The molecule has 0 spiro atoms. The minimum atomic E-state index is -0.472. The van der Waals surface area contributed by atoms with Crippen LogP contribution in [0.4, 0.5) is 0 Å². The van der Waals surface area contributed by atoms with E-state index in [1.54, 1.807) is 18.2 Å². The van der Waals surface area contributed by atoms with E-state index in [1.807, 2.05) is 13.8 Å². The molecule has 4 heteroatoms. The molecular formula is C31H36O4. The Morgan fingerprint density at radius 1 is 0.829 bits per heavy atom. The fourth-order valence-corrected chi connectivity index (χ4v) is 4.37. The molecule has 3 aromatic rings. The van der Waals surface area contributed by atoms with Crippen molar-refractivity contribution in [2.24, 2.45) is 0 Å². The summed E-state index contributed by atoms with van der Waals surface area (Å²) in [6.45, 7) is 14.6. The molecule has 0 aliphatic carbocycles. The fraction of sp³-hybridized carbons (Fsp3) is 0.355. The normalized spacial score (nSPS) is 11.3. The van der Waals surface area contributed by atoms with Crippen LogP contribution in [0.15, 0.2) is 48.5 Å². The Labute approximate surface area is 209 Å². The predicted molar refractivity (Wildman–Crippen MR) is 141 cm³/mol. The molecule has 184 valence electrons. The first-order valence-corrected chi connectivity index (χ1v) is 12.3. The highest BCUT2D eigenvalue weighted by molar-refractivity contribution is 5.93. The van der Waals surface area contributed by atoms with Crippen LogP contribution in [-0.4, -0.2) is 17.9 Å². The summed E-state index contributed by atoms with van der Waals surface area (Å²) in [6, 6.07) is 15.1. The summed E-state index contributed by atoms with van der Waals surface area (Å²) in [7, 11) is 0. The van der Waals surface area contributed by atoms with Crippen LogP contribution in [0.3, 0.4) is 0 Å². The van der Waals surface area contributed by atoms with Gasteiger partial charge in [0, 0.05) is 5.56 Å². The highest BCUT2D eigenvalue weighted by Crippen LogP contribution is 2.33. The molecule has 3 aromatic carbocycles. The number of esters is 1. The molecule has 0 fully saturated rings. The van der Waals surface area contributed by atoms with Gasteiger partial charge in [0.15, 0.2) is 0 Å². The number of carbonyl (C=O) groups is 2. The number of aldehydes is 1. The molecule has 35 heavy (non-hydrogen) atoms. The number of rotatable bonds is 9. The van der Waals surface area contributed by atoms with Gasteiger partial charge in [-0.3, -0.25) is 4.79 Å². The predicted octanol–water partition coefficient (Wildman–Crippen LogP) is 7.50. The summed E-state index contributed by atoms with van der Waals surface area (Å²) in [5.74, 6) is 1.07. The second-order valence-electron chi connectivity index (χ2n) is 9.69. The van der Waals surface area contributed by atoms with Gasteiger partial charge in [-0.1, -0.05) is 50.2 Å². The number of hydrogen-bond acceptors (Lipinski definition) is 4. The summed E-state index contributed by atoms with van der Waals surface area (Å²) in [5.41, 5.74) is 7.09. The summed E-state index contributed by atoms with van der Waals surface area (Å²) in [6.07, 6.45) is 3.42. The molecule has 0 radical (unpaired) electrons. The van der Waals surface area contributed by atoms with E-state index < -0.39 is 5.97 Å². The van der Waals surface area contributed by atoms with Gasteiger partial charge in [-0.2, -0.15) is 0 Å². The number of ether oxygens (including phenoxy) is 2. The molecule has 4 nitrogen and oxygen atoms in total. The largest absolute Gasteiger partial charge is 0.487 e. The van der Waals surface area contributed by atoms with E-state index in [9.17, 15) is 9.59 Å². The molecule has 0 aliphatic heterocycles. The lowest BCUT2D eigenvalue weighted by Gasteiger charge is -2.30. The summed E-state index contributed by atoms with van der Waals surface area (Å²) < 4.78 is 12.2. The molecule has 0 aromatic heterocycles. The highest BCUT2D eigenvalue weighted by Gasteiger charge is 2.23. The lowest BCUT2D eigenvalue weighted by molar-refractivity contribution is 0.0732. The third-order valence-corrected chi connectivity index (χ3v) is 6.75. The Morgan fingerprint density at radius 2 is 1.34 bits per heavy atom. The highest BCUT2D eigenvalue weighted by atomic mass is 16.5. The summed E-state index contributed by atoms with van der Waals surface area (Å²) in [5, 5.41) is 0. The third-order valence-electron chi connectivity index (χ3n) is 6.75. The van der Waals surface area contributed by atoms with E-state index in [0.29, 0.717) is 16.9 Å². The van der Waals surface area contributed by atoms with Gasteiger partial charge in [-0.25, -0.2) is 4.79 Å². The molecule has 0 N–H and O–H groups in total. The maximum Gasteiger partial charge on any atom is 0.343 e. The van der Waals surface area contributed by atoms with Gasteiger partial charge < -0.3 is 9.47 Å². The van der Waals surface area contributed by atoms with Crippen molar-refractivity contribution in [1.82, 2.24) is 0 Å². The Bertz CT molecular complexity index is 1190. The SMILES string of the molecule is CCC(C)(CC)Oc1c(C)cc(Cc2cc(C)c(OC(=O)c3cccc(C=O)c3)c(C)c2)cc1C. The van der Waals surface area contributed by atoms with E-state index >= 15 is 0 Å². The average Bonchev–Trinajstić information content (AvgIpc) is 2.83. The van der Waals surface area contributed by atoms with Crippen LogP contribution in [0.25, 0.3) is 0 Å². The van der Waals surface area contributed by atoms with Crippen molar-refractivity contribution in [1.29, 1.82) is 0 Å². The monoisotopic (exact) mass is 472 g/mol. The Hall–Kier alpha value is -3.40. The van der Waals surface area contributed by atoms with Crippen molar-refractivity contribution >= 4 is 12.3 Å². The average molecular weight is 473 g/mol. The van der Waals surface area contributed by atoms with Crippen LogP contribution in [-0.2, 0) is 6.42 Å². The second kappa shape index (κ2) is 10.9. The van der Waals surface area contributed by atoms with Gasteiger partial charge in [-0.05, 0) is 99.4 Å². The van der Waals surface area contributed by atoms with Crippen LogP contribution >= 0.6 is 0 Å². The van der Waals surface area contributed by atoms with Gasteiger partial charge in [0.25, 0.3) is 0 Å². The first kappa shape index (κ1) is 26.2. The fourth-order valence-electron chi connectivity index (χ4n) is 4.37. The van der Waals surface area contributed by atoms with Gasteiger partial charge in [0.05, 0.1) is 5.56 Å². The number of benzene rings is 3. The van der Waals surface area contributed by atoms with Crippen LogP contribution in [0.5, 0.6) is 11.5 Å². The maximum absolute atomic E-state index is 12.7. The van der Waals surface area contributed by atoms with E-state index in [2.05, 4.69) is 58.9 Å². The van der Waals surface area contributed by atoms with Crippen LogP contribution in [0.2, 0.25) is 0 Å². The van der Waals surface area contributed by atoms with Crippen molar-refractivity contribution in [3.63, 3.8) is 0 Å². The zero-order valence-corrected chi connectivity index (χ0v) is 22.0. The first-order valence-electron chi connectivity index (χ1n) is 12.3. The molecule has 0 atom stereocenters.